The van der Waals surface area contributed by atoms with E-state index in [2.05, 4.69) is 10.3 Å². The van der Waals surface area contributed by atoms with Gasteiger partial charge in [-0.05, 0) is 23.8 Å². The second-order valence-corrected chi connectivity index (χ2v) is 7.82. The number of carboxylic acids is 1. The molecule has 0 aliphatic carbocycles. The number of anilines is 1. The predicted molar refractivity (Wildman–Crippen MR) is 116 cm³/mol. The van der Waals surface area contributed by atoms with Crippen LogP contribution in [0.1, 0.15) is 20.7 Å². The molecular weight excluding hydrogens is 431 g/mol. The average molecular weight is 443 g/mol. The first-order valence-electron chi connectivity index (χ1n) is 8.41. The molecule has 0 bridgehead atoms. The SMILES string of the molecule is O=C(Nc1scc(-c2ccc(Cl)cc2)c1C(=O)O)c1cnc2ccccc2c1Cl. The summed E-state index contributed by atoms with van der Waals surface area (Å²) in [5, 5.41) is 15.7. The summed E-state index contributed by atoms with van der Waals surface area (Å²) in [4.78, 5) is 29.0. The van der Waals surface area contributed by atoms with Crippen molar-refractivity contribution < 1.29 is 14.7 Å². The van der Waals surface area contributed by atoms with Crippen LogP contribution >= 0.6 is 34.5 Å². The molecule has 4 aromatic rings. The molecule has 2 N–H and O–H groups in total. The number of halogens is 2. The Morgan fingerprint density at radius 1 is 1.03 bits per heavy atom. The zero-order valence-electron chi connectivity index (χ0n) is 14.6. The van der Waals surface area contributed by atoms with Crippen LogP contribution in [0, 0.1) is 0 Å². The number of hydrogen-bond acceptors (Lipinski definition) is 4. The van der Waals surface area contributed by atoms with E-state index in [0.717, 1.165) is 11.3 Å². The van der Waals surface area contributed by atoms with Gasteiger partial charge in [-0.2, -0.15) is 0 Å². The molecule has 0 unspecified atom stereocenters. The number of aromatic carboxylic acids is 1. The van der Waals surface area contributed by atoms with Gasteiger partial charge in [0, 0.05) is 27.5 Å². The number of pyridine rings is 1. The van der Waals surface area contributed by atoms with Gasteiger partial charge in [0.1, 0.15) is 10.6 Å². The number of amides is 1. The number of rotatable bonds is 4. The Balaban J connectivity index is 1.71. The van der Waals surface area contributed by atoms with E-state index in [9.17, 15) is 14.7 Å². The first-order valence-corrected chi connectivity index (χ1v) is 10.0. The molecule has 144 valence electrons. The number of fused-ring (bicyclic) bond motifs is 1. The maximum absolute atomic E-state index is 12.8. The fraction of sp³-hybridized carbons (Fsp3) is 0. The molecular formula is C21H12Cl2N2O3S. The van der Waals surface area contributed by atoms with Gasteiger partial charge in [0.15, 0.2) is 0 Å². The molecule has 0 saturated heterocycles. The van der Waals surface area contributed by atoms with Crippen molar-refractivity contribution in [2.24, 2.45) is 0 Å². The Morgan fingerprint density at radius 3 is 2.48 bits per heavy atom. The Hall–Kier alpha value is -2.93. The lowest BCUT2D eigenvalue weighted by molar-refractivity contribution is 0.0699. The lowest BCUT2D eigenvalue weighted by Crippen LogP contribution is -2.14. The minimum Gasteiger partial charge on any atom is -0.478 e. The van der Waals surface area contributed by atoms with Crippen LogP contribution in [0.3, 0.4) is 0 Å². The average Bonchev–Trinajstić information content (AvgIpc) is 3.12. The minimum atomic E-state index is -1.14. The summed E-state index contributed by atoms with van der Waals surface area (Å²) in [6.45, 7) is 0. The van der Waals surface area contributed by atoms with E-state index < -0.39 is 11.9 Å². The molecule has 2 aromatic carbocycles. The maximum Gasteiger partial charge on any atom is 0.339 e. The summed E-state index contributed by atoms with van der Waals surface area (Å²) >= 11 is 13.4. The van der Waals surface area contributed by atoms with Gasteiger partial charge in [0.2, 0.25) is 0 Å². The molecule has 0 spiro atoms. The number of nitrogens with one attached hydrogen (secondary N) is 1. The standard InChI is InChI=1S/C21H12Cl2N2O3S/c22-12-7-5-11(6-8-12)15-10-29-20(17(15)21(27)28)25-19(26)14-9-24-16-4-2-1-3-13(16)18(14)23/h1-10H,(H,25,26)(H,27,28). The molecule has 0 radical (unpaired) electrons. The van der Waals surface area contributed by atoms with Crippen molar-refractivity contribution in [2.45, 2.75) is 0 Å². The van der Waals surface area contributed by atoms with Gasteiger partial charge in [0.25, 0.3) is 5.91 Å². The second kappa shape index (κ2) is 7.83. The van der Waals surface area contributed by atoms with Crippen molar-refractivity contribution in [3.05, 3.63) is 81.3 Å². The normalized spacial score (nSPS) is 10.8. The molecule has 29 heavy (non-hydrogen) atoms. The summed E-state index contributed by atoms with van der Waals surface area (Å²) in [7, 11) is 0. The number of carbonyl (C=O) groups is 2. The number of para-hydroxylation sites is 1. The topological polar surface area (TPSA) is 79.3 Å². The molecule has 5 nitrogen and oxygen atoms in total. The first kappa shape index (κ1) is 19.4. The first-order chi connectivity index (χ1) is 14.0. The Bertz CT molecular complexity index is 1250. The van der Waals surface area contributed by atoms with Crippen LogP contribution in [0.4, 0.5) is 5.00 Å². The van der Waals surface area contributed by atoms with E-state index in [1.807, 2.05) is 6.07 Å². The van der Waals surface area contributed by atoms with Crippen LogP contribution in [0.2, 0.25) is 10.0 Å². The number of nitrogens with zero attached hydrogens (tertiary/aromatic N) is 1. The highest BCUT2D eigenvalue weighted by Gasteiger charge is 2.23. The van der Waals surface area contributed by atoms with E-state index in [-0.39, 0.29) is 21.2 Å². The van der Waals surface area contributed by atoms with E-state index in [1.54, 1.807) is 47.8 Å². The zero-order chi connectivity index (χ0) is 20.5. The van der Waals surface area contributed by atoms with Gasteiger partial charge in [0.05, 0.1) is 16.1 Å². The fourth-order valence-corrected chi connectivity index (χ4v) is 4.32. The summed E-state index contributed by atoms with van der Waals surface area (Å²) in [6, 6.07) is 14.0. The number of thiophene rings is 1. The molecule has 0 atom stereocenters. The predicted octanol–water partition coefficient (Wildman–Crippen LogP) is 6.22. The molecule has 0 saturated carbocycles. The molecule has 4 rings (SSSR count). The van der Waals surface area contributed by atoms with Gasteiger partial charge >= 0.3 is 5.97 Å². The van der Waals surface area contributed by atoms with Crippen molar-refractivity contribution in [1.82, 2.24) is 4.98 Å². The summed E-state index contributed by atoms with van der Waals surface area (Å²) in [5.41, 5.74) is 2.03. The fourth-order valence-electron chi connectivity index (χ4n) is 2.94. The third-order valence-corrected chi connectivity index (χ3v) is 5.90. The van der Waals surface area contributed by atoms with E-state index in [1.165, 1.54) is 6.20 Å². The third kappa shape index (κ3) is 3.70. The third-order valence-electron chi connectivity index (χ3n) is 4.34. The number of benzene rings is 2. The molecule has 2 heterocycles. The summed E-state index contributed by atoms with van der Waals surface area (Å²) < 4.78 is 0. The van der Waals surface area contributed by atoms with Crippen LogP contribution in [-0.2, 0) is 0 Å². The van der Waals surface area contributed by atoms with Crippen LogP contribution in [0.25, 0.3) is 22.0 Å². The lowest BCUT2D eigenvalue weighted by Gasteiger charge is -2.09. The van der Waals surface area contributed by atoms with Crippen LogP contribution in [0.15, 0.2) is 60.1 Å². The molecule has 0 fully saturated rings. The second-order valence-electron chi connectivity index (χ2n) is 6.12. The van der Waals surface area contributed by atoms with Crippen molar-refractivity contribution in [2.75, 3.05) is 5.32 Å². The Kier molecular flexibility index (Phi) is 5.24. The highest BCUT2D eigenvalue weighted by atomic mass is 35.5. The number of aromatic nitrogens is 1. The summed E-state index contributed by atoms with van der Waals surface area (Å²) in [6.07, 6.45) is 1.38. The summed E-state index contributed by atoms with van der Waals surface area (Å²) in [5.74, 6) is -1.67. The highest BCUT2D eigenvalue weighted by molar-refractivity contribution is 7.15. The van der Waals surface area contributed by atoms with Crippen molar-refractivity contribution >= 4 is 62.3 Å². The van der Waals surface area contributed by atoms with E-state index in [0.29, 0.717) is 27.1 Å². The van der Waals surface area contributed by atoms with Crippen molar-refractivity contribution in [3.8, 4) is 11.1 Å². The molecule has 1 amide bonds. The van der Waals surface area contributed by atoms with Gasteiger partial charge < -0.3 is 10.4 Å². The Morgan fingerprint density at radius 2 is 1.76 bits per heavy atom. The number of carbonyl (C=O) groups excluding carboxylic acids is 1. The molecule has 0 aliphatic heterocycles. The van der Waals surface area contributed by atoms with Crippen LogP contribution in [-0.4, -0.2) is 22.0 Å². The molecule has 0 aliphatic rings. The Labute approximate surface area is 179 Å². The monoisotopic (exact) mass is 442 g/mol. The lowest BCUT2D eigenvalue weighted by atomic mass is 10.0. The quantitative estimate of drug-likeness (QED) is 0.393. The largest absolute Gasteiger partial charge is 0.478 e. The van der Waals surface area contributed by atoms with Gasteiger partial charge in [-0.1, -0.05) is 53.5 Å². The van der Waals surface area contributed by atoms with E-state index >= 15 is 0 Å². The zero-order valence-corrected chi connectivity index (χ0v) is 17.0. The molecule has 2 aromatic heterocycles. The smallest absolute Gasteiger partial charge is 0.339 e. The maximum atomic E-state index is 12.8. The van der Waals surface area contributed by atoms with Gasteiger partial charge in [-0.25, -0.2) is 4.79 Å². The number of carboxylic acid groups (broad SMARTS) is 1. The number of hydrogen-bond donors (Lipinski definition) is 2. The van der Waals surface area contributed by atoms with Crippen molar-refractivity contribution in [3.63, 3.8) is 0 Å². The van der Waals surface area contributed by atoms with Crippen LogP contribution in [0.5, 0.6) is 0 Å². The van der Waals surface area contributed by atoms with Gasteiger partial charge in [-0.15, -0.1) is 11.3 Å². The van der Waals surface area contributed by atoms with Crippen LogP contribution < -0.4 is 5.32 Å². The molecule has 8 heteroatoms. The highest BCUT2D eigenvalue weighted by Crippen LogP contribution is 2.37. The van der Waals surface area contributed by atoms with Gasteiger partial charge in [-0.3, -0.25) is 9.78 Å². The van der Waals surface area contributed by atoms with E-state index in [4.69, 9.17) is 23.2 Å². The van der Waals surface area contributed by atoms with Crippen molar-refractivity contribution in [1.29, 1.82) is 0 Å². The minimum absolute atomic E-state index is 0.00976.